The van der Waals surface area contributed by atoms with Gasteiger partial charge >= 0.3 is 5.97 Å². The van der Waals surface area contributed by atoms with Crippen molar-refractivity contribution in [3.63, 3.8) is 0 Å². The molecule has 1 saturated carbocycles. The van der Waals surface area contributed by atoms with E-state index in [9.17, 15) is 9.90 Å². The molecular formula is C10H10Cl4O4. The predicted molar refractivity (Wildman–Crippen MR) is 68.4 cm³/mol. The quantitative estimate of drug-likeness (QED) is 0.636. The molecule has 3 atom stereocenters. The normalized spacial score (nSPS) is 41.6. The lowest BCUT2D eigenvalue weighted by Crippen LogP contribution is -2.57. The summed E-state index contributed by atoms with van der Waals surface area (Å²) in [5, 5.41) is 9.30. The Hall–Kier alpha value is 0.290. The standard InChI is InChI=1S/C10H10Cl4O4/c1-17-10(18-2)8(13)3-4(7(15)16)9(10,14)6(12)5(8)11/h4H,3H2,1-2H3,(H,15,16)/t4-,8+,9-/m0/s1. The number of ether oxygens (including phenoxy) is 2. The van der Waals surface area contributed by atoms with E-state index in [0.717, 1.165) is 0 Å². The van der Waals surface area contributed by atoms with Crippen LogP contribution in [0.4, 0.5) is 0 Å². The maximum Gasteiger partial charge on any atom is 0.308 e. The van der Waals surface area contributed by atoms with Crippen molar-refractivity contribution in [2.45, 2.75) is 22.0 Å². The Morgan fingerprint density at radius 3 is 2.11 bits per heavy atom. The van der Waals surface area contributed by atoms with Gasteiger partial charge in [-0.05, 0) is 6.42 Å². The molecule has 102 valence electrons. The minimum Gasteiger partial charge on any atom is -0.481 e. The van der Waals surface area contributed by atoms with Crippen LogP contribution in [0.2, 0.25) is 0 Å². The molecule has 0 radical (unpaired) electrons. The van der Waals surface area contributed by atoms with Crippen LogP contribution in [0, 0.1) is 5.92 Å². The first-order chi connectivity index (χ1) is 8.23. The summed E-state index contributed by atoms with van der Waals surface area (Å²) in [6.45, 7) is 0. The van der Waals surface area contributed by atoms with Crippen LogP contribution in [0.5, 0.6) is 0 Å². The lowest BCUT2D eigenvalue weighted by Gasteiger charge is -2.40. The van der Waals surface area contributed by atoms with Crippen molar-refractivity contribution < 1.29 is 19.4 Å². The van der Waals surface area contributed by atoms with Gasteiger partial charge in [-0.15, -0.1) is 23.2 Å². The molecule has 0 spiro atoms. The number of methoxy groups -OCH3 is 2. The molecule has 2 aliphatic rings. The second-order valence-electron chi connectivity index (χ2n) is 4.26. The number of carboxylic acid groups (broad SMARTS) is 1. The topological polar surface area (TPSA) is 55.8 Å². The molecule has 0 saturated heterocycles. The van der Waals surface area contributed by atoms with Crippen molar-refractivity contribution in [3.8, 4) is 0 Å². The van der Waals surface area contributed by atoms with Crippen LogP contribution in [-0.4, -0.2) is 40.8 Å². The van der Waals surface area contributed by atoms with Crippen LogP contribution in [0.3, 0.4) is 0 Å². The molecule has 8 heteroatoms. The maximum atomic E-state index is 11.3. The number of fused-ring (bicyclic) bond motifs is 2. The third-order valence-electron chi connectivity index (χ3n) is 3.70. The molecule has 0 amide bonds. The van der Waals surface area contributed by atoms with E-state index in [1.165, 1.54) is 14.2 Å². The van der Waals surface area contributed by atoms with E-state index in [1.807, 2.05) is 0 Å². The van der Waals surface area contributed by atoms with Gasteiger partial charge in [-0.1, -0.05) is 23.2 Å². The van der Waals surface area contributed by atoms with Gasteiger partial charge in [-0.25, -0.2) is 0 Å². The lowest BCUT2D eigenvalue weighted by atomic mass is 9.91. The molecule has 2 rings (SSSR count). The highest BCUT2D eigenvalue weighted by molar-refractivity contribution is 6.52. The summed E-state index contributed by atoms with van der Waals surface area (Å²) in [5.74, 6) is -3.79. The Morgan fingerprint density at radius 2 is 1.78 bits per heavy atom. The van der Waals surface area contributed by atoms with Crippen LogP contribution in [0.1, 0.15) is 6.42 Å². The predicted octanol–water partition coefficient (Wildman–Crippen LogP) is 2.74. The van der Waals surface area contributed by atoms with Crippen LogP contribution in [0.25, 0.3) is 0 Å². The van der Waals surface area contributed by atoms with E-state index in [1.54, 1.807) is 0 Å². The van der Waals surface area contributed by atoms with E-state index in [2.05, 4.69) is 0 Å². The summed E-state index contributed by atoms with van der Waals surface area (Å²) >= 11 is 25.0. The minimum absolute atomic E-state index is 0.0237. The van der Waals surface area contributed by atoms with Crippen LogP contribution in [-0.2, 0) is 14.3 Å². The molecule has 0 aliphatic heterocycles. The Balaban J connectivity index is 2.73. The molecule has 0 aromatic rings. The first kappa shape index (κ1) is 14.7. The van der Waals surface area contributed by atoms with Gasteiger partial charge in [0, 0.05) is 14.2 Å². The Morgan fingerprint density at radius 1 is 1.28 bits per heavy atom. The molecule has 0 aromatic heterocycles. The van der Waals surface area contributed by atoms with E-state index >= 15 is 0 Å². The average Bonchev–Trinajstić information content (AvgIpc) is 2.60. The van der Waals surface area contributed by atoms with Gasteiger partial charge < -0.3 is 14.6 Å². The molecule has 0 unspecified atom stereocenters. The molecule has 1 fully saturated rings. The number of aliphatic carboxylic acids is 1. The molecule has 1 N–H and O–H groups in total. The van der Waals surface area contributed by atoms with Crippen molar-refractivity contribution in [2.24, 2.45) is 5.92 Å². The Bertz CT molecular complexity index is 447. The van der Waals surface area contributed by atoms with Crippen molar-refractivity contribution >= 4 is 52.4 Å². The summed E-state index contributed by atoms with van der Waals surface area (Å²) < 4.78 is 10.6. The number of alkyl halides is 2. The summed E-state index contributed by atoms with van der Waals surface area (Å²) in [7, 11) is 2.64. The van der Waals surface area contributed by atoms with Crippen LogP contribution < -0.4 is 0 Å². The first-order valence-corrected chi connectivity index (χ1v) is 6.51. The van der Waals surface area contributed by atoms with Crippen LogP contribution in [0.15, 0.2) is 10.1 Å². The maximum absolute atomic E-state index is 11.3. The van der Waals surface area contributed by atoms with Crippen molar-refractivity contribution in [3.05, 3.63) is 10.1 Å². The van der Waals surface area contributed by atoms with E-state index in [4.69, 9.17) is 55.9 Å². The van der Waals surface area contributed by atoms with Crippen LogP contribution >= 0.6 is 46.4 Å². The van der Waals surface area contributed by atoms with Gasteiger partial charge in [-0.3, -0.25) is 4.79 Å². The fourth-order valence-corrected chi connectivity index (χ4v) is 4.95. The number of carboxylic acids is 1. The largest absolute Gasteiger partial charge is 0.481 e. The molecule has 2 aliphatic carbocycles. The first-order valence-electron chi connectivity index (χ1n) is 5.00. The Kier molecular flexibility index (Phi) is 3.38. The summed E-state index contributed by atoms with van der Waals surface area (Å²) in [6, 6.07) is 0. The highest BCUT2D eigenvalue weighted by Crippen LogP contribution is 2.71. The summed E-state index contributed by atoms with van der Waals surface area (Å²) in [6.07, 6.45) is -0.0237. The number of hydrogen-bond acceptors (Lipinski definition) is 3. The zero-order valence-electron chi connectivity index (χ0n) is 9.47. The number of rotatable bonds is 3. The van der Waals surface area contributed by atoms with Crippen molar-refractivity contribution in [1.29, 1.82) is 0 Å². The highest BCUT2D eigenvalue weighted by atomic mass is 35.5. The van der Waals surface area contributed by atoms with E-state index in [-0.39, 0.29) is 16.5 Å². The fourth-order valence-electron chi connectivity index (χ4n) is 2.90. The molecule has 4 nitrogen and oxygen atoms in total. The molecule has 2 bridgehead atoms. The third kappa shape index (κ3) is 1.25. The van der Waals surface area contributed by atoms with Gasteiger partial charge in [-0.2, -0.15) is 0 Å². The fraction of sp³-hybridized carbons (Fsp3) is 0.700. The van der Waals surface area contributed by atoms with E-state index < -0.39 is 27.4 Å². The van der Waals surface area contributed by atoms with Gasteiger partial charge in [0.15, 0.2) is 4.87 Å². The smallest absolute Gasteiger partial charge is 0.308 e. The molecule has 18 heavy (non-hydrogen) atoms. The zero-order valence-corrected chi connectivity index (χ0v) is 12.5. The SMILES string of the molecule is COC1(OC)[C@@]2(Cl)C[C@@H](C(=O)O)[C@]1(Cl)C(Cl)=C2Cl. The Labute approximate surface area is 124 Å². The van der Waals surface area contributed by atoms with Gasteiger partial charge in [0.2, 0.25) is 5.79 Å². The molecule has 0 heterocycles. The second kappa shape index (κ2) is 4.14. The highest BCUT2D eigenvalue weighted by Gasteiger charge is 2.82. The summed E-state index contributed by atoms with van der Waals surface area (Å²) in [5.41, 5.74) is 0. The number of carbonyl (C=O) groups is 1. The van der Waals surface area contributed by atoms with Gasteiger partial charge in [0.05, 0.1) is 16.0 Å². The molecular weight excluding hydrogens is 326 g/mol. The minimum atomic E-state index is -1.64. The number of halogens is 4. The van der Waals surface area contributed by atoms with Gasteiger partial charge in [0.25, 0.3) is 0 Å². The summed E-state index contributed by atoms with van der Waals surface area (Å²) in [4.78, 5) is 8.29. The second-order valence-corrected chi connectivity index (χ2v) is 6.26. The molecule has 0 aromatic carbocycles. The lowest BCUT2D eigenvalue weighted by molar-refractivity contribution is -0.219. The van der Waals surface area contributed by atoms with Crippen molar-refractivity contribution in [1.82, 2.24) is 0 Å². The monoisotopic (exact) mass is 334 g/mol. The van der Waals surface area contributed by atoms with Crippen molar-refractivity contribution in [2.75, 3.05) is 14.2 Å². The number of hydrogen-bond donors (Lipinski definition) is 1. The average molecular weight is 336 g/mol. The third-order valence-corrected chi connectivity index (χ3v) is 6.28. The van der Waals surface area contributed by atoms with E-state index in [0.29, 0.717) is 0 Å². The zero-order chi connectivity index (χ0) is 13.9. The van der Waals surface area contributed by atoms with Gasteiger partial charge in [0.1, 0.15) is 4.87 Å².